The number of rotatable bonds is 7. The SMILES string of the molecule is c1ccc(-c2cc(-c3ccccc3)c3nc(-c4ccc(-c5ccc(-c6nc(-c7ccccc7)nc7c8ccccc8c(-c8ccccc8)n67)cc5)cc4)nn3c2)cc1. The molecule has 4 heterocycles. The summed E-state index contributed by atoms with van der Waals surface area (Å²) in [6.45, 7) is 0. The van der Waals surface area contributed by atoms with E-state index in [1.165, 1.54) is 0 Å². The molecule has 0 radical (unpaired) electrons. The van der Waals surface area contributed by atoms with E-state index in [0.29, 0.717) is 11.6 Å². The highest BCUT2D eigenvalue weighted by Crippen LogP contribution is 2.38. The van der Waals surface area contributed by atoms with E-state index in [4.69, 9.17) is 20.1 Å². The minimum atomic E-state index is 0.680. The quantitative estimate of drug-likeness (QED) is 0.163. The highest BCUT2D eigenvalue weighted by molar-refractivity contribution is 6.06. The van der Waals surface area contributed by atoms with E-state index in [1.54, 1.807) is 0 Å². The Bertz CT molecular complexity index is 3230. The van der Waals surface area contributed by atoms with Gasteiger partial charge in [0.05, 0.1) is 5.69 Å². The predicted octanol–water partition coefficient (Wildman–Crippen LogP) is 12.6. The lowest BCUT2D eigenvalue weighted by Gasteiger charge is -2.13. The van der Waals surface area contributed by atoms with Crippen molar-refractivity contribution in [3.05, 3.63) is 206 Å². The molecule has 272 valence electrons. The van der Waals surface area contributed by atoms with Gasteiger partial charge in [0.15, 0.2) is 17.3 Å². The third-order valence-corrected chi connectivity index (χ3v) is 10.8. The van der Waals surface area contributed by atoms with Crippen LogP contribution in [0.5, 0.6) is 0 Å². The fourth-order valence-electron chi connectivity index (χ4n) is 7.96. The average molecular weight is 743 g/mol. The largest absolute Gasteiger partial charge is 0.277 e. The maximum absolute atomic E-state index is 5.27. The molecule has 7 aromatic carbocycles. The second-order valence-electron chi connectivity index (χ2n) is 14.4. The summed E-state index contributed by atoms with van der Waals surface area (Å²) in [7, 11) is 0. The summed E-state index contributed by atoms with van der Waals surface area (Å²) in [6.07, 6.45) is 2.07. The topological polar surface area (TPSA) is 60.4 Å². The number of aromatic nitrogens is 6. The van der Waals surface area contributed by atoms with E-state index >= 15 is 0 Å². The van der Waals surface area contributed by atoms with Gasteiger partial charge in [-0.2, -0.15) is 0 Å². The first-order valence-corrected chi connectivity index (χ1v) is 19.4. The van der Waals surface area contributed by atoms with Crippen molar-refractivity contribution in [1.29, 1.82) is 0 Å². The molecule has 0 aliphatic rings. The van der Waals surface area contributed by atoms with Crippen molar-refractivity contribution in [2.75, 3.05) is 0 Å². The van der Waals surface area contributed by atoms with Gasteiger partial charge in [0.2, 0.25) is 0 Å². The van der Waals surface area contributed by atoms with Gasteiger partial charge in [-0.3, -0.25) is 4.40 Å². The van der Waals surface area contributed by atoms with Crippen molar-refractivity contribution in [2.24, 2.45) is 0 Å². The zero-order valence-corrected chi connectivity index (χ0v) is 31.3. The van der Waals surface area contributed by atoms with Crippen molar-refractivity contribution < 1.29 is 0 Å². The third kappa shape index (κ3) is 5.83. The van der Waals surface area contributed by atoms with Gasteiger partial charge in [-0.15, -0.1) is 5.10 Å². The fraction of sp³-hybridized carbons (Fsp3) is 0. The molecule has 0 aliphatic carbocycles. The van der Waals surface area contributed by atoms with Gasteiger partial charge in [0.25, 0.3) is 0 Å². The Morgan fingerprint density at radius 3 is 1.43 bits per heavy atom. The lowest BCUT2D eigenvalue weighted by molar-refractivity contribution is 0.968. The molecule has 0 atom stereocenters. The molecule has 0 unspecified atom stereocenters. The van der Waals surface area contributed by atoms with Crippen molar-refractivity contribution >= 4 is 22.1 Å². The van der Waals surface area contributed by atoms with Crippen molar-refractivity contribution in [3.63, 3.8) is 0 Å². The van der Waals surface area contributed by atoms with Crippen LogP contribution in [0.15, 0.2) is 206 Å². The summed E-state index contributed by atoms with van der Waals surface area (Å²) in [4.78, 5) is 15.5. The van der Waals surface area contributed by atoms with Crippen LogP contribution >= 0.6 is 0 Å². The molecule has 0 saturated carbocycles. The second-order valence-corrected chi connectivity index (χ2v) is 14.4. The molecule has 6 nitrogen and oxygen atoms in total. The summed E-state index contributed by atoms with van der Waals surface area (Å²) >= 11 is 0. The zero-order valence-electron chi connectivity index (χ0n) is 31.3. The van der Waals surface area contributed by atoms with E-state index in [0.717, 1.165) is 89.2 Å². The monoisotopic (exact) mass is 742 g/mol. The molecule has 4 aromatic heterocycles. The summed E-state index contributed by atoms with van der Waals surface area (Å²) in [5.74, 6) is 2.21. The Morgan fingerprint density at radius 1 is 0.328 bits per heavy atom. The molecule has 58 heavy (non-hydrogen) atoms. The zero-order chi connectivity index (χ0) is 38.4. The van der Waals surface area contributed by atoms with Crippen molar-refractivity contribution in [3.8, 4) is 78.8 Å². The Kier molecular flexibility index (Phi) is 8.04. The summed E-state index contributed by atoms with van der Waals surface area (Å²) in [5, 5.41) is 7.22. The van der Waals surface area contributed by atoms with Gasteiger partial charge in [-0.05, 0) is 33.9 Å². The van der Waals surface area contributed by atoms with Crippen LogP contribution in [-0.2, 0) is 0 Å². The first kappa shape index (κ1) is 33.4. The molecular weight excluding hydrogens is 709 g/mol. The van der Waals surface area contributed by atoms with Crippen LogP contribution < -0.4 is 0 Å². The Hall–Kier alpha value is -7.96. The van der Waals surface area contributed by atoms with Crippen molar-refractivity contribution in [1.82, 2.24) is 29.0 Å². The molecular formula is C52H34N6. The number of benzene rings is 7. The summed E-state index contributed by atoms with van der Waals surface area (Å²) < 4.78 is 4.14. The number of fused-ring (bicyclic) bond motifs is 4. The maximum Gasteiger partial charge on any atom is 0.182 e. The average Bonchev–Trinajstić information content (AvgIpc) is 3.90. The van der Waals surface area contributed by atoms with E-state index in [2.05, 4.69) is 180 Å². The number of hydrogen-bond donors (Lipinski definition) is 0. The van der Waals surface area contributed by atoms with Crippen LogP contribution in [-0.4, -0.2) is 29.0 Å². The molecule has 0 spiro atoms. The van der Waals surface area contributed by atoms with E-state index in [-0.39, 0.29) is 0 Å². The lowest BCUT2D eigenvalue weighted by Crippen LogP contribution is -2.03. The molecule has 0 bridgehead atoms. The van der Waals surface area contributed by atoms with Crippen LogP contribution in [0.25, 0.3) is 101 Å². The Morgan fingerprint density at radius 2 is 0.793 bits per heavy atom. The lowest BCUT2D eigenvalue weighted by atomic mass is 10.0. The molecule has 0 saturated heterocycles. The second kappa shape index (κ2) is 14.0. The van der Waals surface area contributed by atoms with Crippen molar-refractivity contribution in [2.45, 2.75) is 0 Å². The predicted molar refractivity (Wildman–Crippen MR) is 235 cm³/mol. The van der Waals surface area contributed by atoms with Gasteiger partial charge < -0.3 is 0 Å². The smallest absolute Gasteiger partial charge is 0.182 e. The molecule has 11 aromatic rings. The number of pyridine rings is 1. The van der Waals surface area contributed by atoms with E-state index < -0.39 is 0 Å². The van der Waals surface area contributed by atoms with Gasteiger partial charge in [-0.25, -0.2) is 19.5 Å². The van der Waals surface area contributed by atoms with E-state index in [9.17, 15) is 0 Å². The molecule has 0 fully saturated rings. The first-order chi connectivity index (χ1) is 28.7. The molecule has 0 aliphatic heterocycles. The standard InChI is InChI=1S/C52H34N6/c1-5-15-35(16-6-1)43-33-46(38-17-7-2-8-18-38)51-55-49(56-57(51)34-43)41-29-25-36(26-30-41)37-27-31-42(32-28-37)50-53-48(40-21-11-4-12-22-40)54-52-45-24-14-13-23-44(45)47(58(50)52)39-19-9-3-10-20-39/h1-34H. The number of hydrogen-bond acceptors (Lipinski definition) is 4. The molecule has 6 heteroatoms. The normalized spacial score (nSPS) is 11.4. The molecule has 0 N–H and O–H groups in total. The highest BCUT2D eigenvalue weighted by atomic mass is 15.3. The van der Waals surface area contributed by atoms with Crippen LogP contribution in [0.3, 0.4) is 0 Å². The van der Waals surface area contributed by atoms with Gasteiger partial charge in [0, 0.05) is 44.8 Å². The minimum Gasteiger partial charge on any atom is -0.277 e. The van der Waals surface area contributed by atoms with Crippen LogP contribution in [0.1, 0.15) is 0 Å². The third-order valence-electron chi connectivity index (χ3n) is 10.8. The van der Waals surface area contributed by atoms with E-state index in [1.807, 2.05) is 34.8 Å². The summed E-state index contributed by atoms with van der Waals surface area (Å²) in [5.41, 5.74) is 13.4. The van der Waals surface area contributed by atoms with Crippen LogP contribution in [0, 0.1) is 0 Å². The molecule has 0 amide bonds. The Labute approximate surface area is 335 Å². The summed E-state index contributed by atoms with van der Waals surface area (Å²) in [6, 6.07) is 69.4. The van der Waals surface area contributed by atoms with Crippen LogP contribution in [0.4, 0.5) is 0 Å². The first-order valence-electron chi connectivity index (χ1n) is 19.4. The number of nitrogens with zero attached hydrogens (tertiary/aromatic N) is 6. The maximum atomic E-state index is 5.27. The van der Waals surface area contributed by atoms with Gasteiger partial charge in [0.1, 0.15) is 11.5 Å². The fourth-order valence-corrected chi connectivity index (χ4v) is 7.96. The molecule has 11 rings (SSSR count). The van der Waals surface area contributed by atoms with Gasteiger partial charge >= 0.3 is 0 Å². The van der Waals surface area contributed by atoms with Gasteiger partial charge in [-0.1, -0.05) is 194 Å². The highest BCUT2D eigenvalue weighted by Gasteiger charge is 2.21. The Balaban J connectivity index is 0.982. The minimum absolute atomic E-state index is 0.680. The van der Waals surface area contributed by atoms with Crippen LogP contribution in [0.2, 0.25) is 0 Å².